The van der Waals surface area contributed by atoms with Gasteiger partial charge in [0, 0.05) is 25.0 Å². The van der Waals surface area contributed by atoms with Crippen LogP contribution in [0, 0.1) is 11.3 Å². The van der Waals surface area contributed by atoms with E-state index in [0.29, 0.717) is 19.4 Å². The summed E-state index contributed by atoms with van der Waals surface area (Å²) in [7, 11) is 0. The van der Waals surface area contributed by atoms with E-state index in [9.17, 15) is 9.59 Å². The first-order valence-corrected chi connectivity index (χ1v) is 6.20. The van der Waals surface area contributed by atoms with Crippen LogP contribution in [0.2, 0.25) is 0 Å². The smallest absolute Gasteiger partial charge is 0.317 e. The van der Waals surface area contributed by atoms with Crippen LogP contribution in [-0.2, 0) is 4.79 Å². The monoisotopic (exact) mass is 253 g/mol. The van der Waals surface area contributed by atoms with Gasteiger partial charge in [-0.2, -0.15) is 5.26 Å². The molecule has 2 amide bonds. The lowest BCUT2D eigenvalue weighted by Crippen LogP contribution is -2.45. The van der Waals surface area contributed by atoms with E-state index in [1.54, 1.807) is 11.8 Å². The zero-order valence-electron chi connectivity index (χ0n) is 10.6. The molecule has 0 aromatic heterocycles. The predicted molar refractivity (Wildman–Crippen MR) is 64.8 cm³/mol. The number of carboxylic acid groups (broad SMARTS) is 1. The van der Waals surface area contributed by atoms with Gasteiger partial charge < -0.3 is 15.3 Å². The number of urea groups is 1. The van der Waals surface area contributed by atoms with Crippen LogP contribution in [0.4, 0.5) is 4.79 Å². The summed E-state index contributed by atoms with van der Waals surface area (Å²) in [5.74, 6) is -0.861. The van der Waals surface area contributed by atoms with Crippen molar-refractivity contribution in [2.75, 3.05) is 6.54 Å². The number of aliphatic carboxylic acids is 1. The Balaban J connectivity index is 2.36. The summed E-state index contributed by atoms with van der Waals surface area (Å²) in [4.78, 5) is 24.0. The Bertz CT molecular complexity index is 347. The molecule has 100 valence electrons. The van der Waals surface area contributed by atoms with Crippen molar-refractivity contribution in [2.45, 2.75) is 51.1 Å². The van der Waals surface area contributed by atoms with Gasteiger partial charge in [0.05, 0.1) is 12.5 Å². The number of nitrogens with one attached hydrogen (secondary N) is 1. The second-order valence-electron chi connectivity index (χ2n) is 4.62. The Morgan fingerprint density at radius 2 is 2.22 bits per heavy atom. The lowest BCUT2D eigenvalue weighted by Gasteiger charge is -2.24. The number of hydrogen-bond acceptors (Lipinski definition) is 3. The summed E-state index contributed by atoms with van der Waals surface area (Å²) in [6.07, 6.45) is 2.76. The molecular formula is C12H19N3O3. The lowest BCUT2D eigenvalue weighted by atomic mass is 10.2. The quantitative estimate of drug-likeness (QED) is 0.715. The Kier molecular flexibility index (Phi) is 5.43. The highest BCUT2D eigenvalue weighted by atomic mass is 16.4. The Morgan fingerprint density at radius 3 is 2.72 bits per heavy atom. The number of rotatable bonds is 7. The standard InChI is InChI=1S/C12H19N3O3/c1-9(3-6-11(16)17)14-12(18)15(8-2-7-13)10-4-5-10/h9-10H,2-6,8H2,1H3,(H,14,18)(H,16,17). The summed E-state index contributed by atoms with van der Waals surface area (Å²) in [5, 5.41) is 19.9. The molecule has 0 radical (unpaired) electrons. The Hall–Kier alpha value is -1.77. The van der Waals surface area contributed by atoms with Crippen molar-refractivity contribution in [3.63, 3.8) is 0 Å². The highest BCUT2D eigenvalue weighted by Gasteiger charge is 2.32. The first-order valence-electron chi connectivity index (χ1n) is 6.20. The molecular weight excluding hydrogens is 234 g/mol. The summed E-state index contributed by atoms with van der Waals surface area (Å²) in [6.45, 7) is 2.23. The largest absolute Gasteiger partial charge is 0.481 e. The molecule has 6 nitrogen and oxygen atoms in total. The number of carbonyl (C=O) groups is 2. The summed E-state index contributed by atoms with van der Waals surface area (Å²) in [5.41, 5.74) is 0. The van der Waals surface area contributed by atoms with Gasteiger partial charge in [0.25, 0.3) is 0 Å². The van der Waals surface area contributed by atoms with Crippen molar-refractivity contribution < 1.29 is 14.7 Å². The van der Waals surface area contributed by atoms with E-state index < -0.39 is 5.97 Å². The van der Waals surface area contributed by atoms with Gasteiger partial charge in [0.15, 0.2) is 0 Å². The molecule has 0 heterocycles. The molecule has 0 aliphatic heterocycles. The molecule has 1 aliphatic carbocycles. The van der Waals surface area contributed by atoms with E-state index in [-0.39, 0.29) is 24.5 Å². The van der Waals surface area contributed by atoms with E-state index in [1.165, 1.54) is 0 Å². The molecule has 1 atom stereocenters. The van der Waals surface area contributed by atoms with E-state index in [4.69, 9.17) is 10.4 Å². The second kappa shape index (κ2) is 6.84. The molecule has 0 aromatic carbocycles. The second-order valence-corrected chi connectivity index (χ2v) is 4.62. The fourth-order valence-electron chi connectivity index (χ4n) is 1.71. The minimum atomic E-state index is -0.861. The van der Waals surface area contributed by atoms with Gasteiger partial charge in [-0.1, -0.05) is 0 Å². The molecule has 0 aromatic rings. The number of nitriles is 1. The number of amides is 2. The predicted octanol–water partition coefficient (Wildman–Crippen LogP) is 1.33. The topological polar surface area (TPSA) is 93.4 Å². The molecule has 0 saturated heterocycles. The van der Waals surface area contributed by atoms with Gasteiger partial charge >= 0.3 is 12.0 Å². The van der Waals surface area contributed by atoms with Crippen LogP contribution in [0.3, 0.4) is 0 Å². The highest BCUT2D eigenvalue weighted by Crippen LogP contribution is 2.26. The molecule has 1 unspecified atom stereocenters. The third-order valence-corrected chi connectivity index (χ3v) is 2.87. The van der Waals surface area contributed by atoms with E-state index in [2.05, 4.69) is 5.32 Å². The highest BCUT2D eigenvalue weighted by molar-refractivity contribution is 5.75. The van der Waals surface area contributed by atoms with Crippen LogP contribution in [0.1, 0.15) is 39.0 Å². The Labute approximate surface area is 107 Å². The fourth-order valence-corrected chi connectivity index (χ4v) is 1.71. The Morgan fingerprint density at radius 1 is 1.56 bits per heavy atom. The van der Waals surface area contributed by atoms with Crippen molar-refractivity contribution in [1.29, 1.82) is 5.26 Å². The molecule has 1 saturated carbocycles. The van der Waals surface area contributed by atoms with Gasteiger partial charge in [-0.3, -0.25) is 4.79 Å². The van der Waals surface area contributed by atoms with Crippen molar-refractivity contribution in [3.05, 3.63) is 0 Å². The molecule has 0 bridgehead atoms. The number of hydrogen-bond donors (Lipinski definition) is 2. The average Bonchev–Trinajstić information content (AvgIpc) is 3.11. The zero-order valence-corrected chi connectivity index (χ0v) is 10.6. The molecule has 6 heteroatoms. The maximum atomic E-state index is 11.9. The van der Waals surface area contributed by atoms with Crippen molar-refractivity contribution >= 4 is 12.0 Å². The van der Waals surface area contributed by atoms with Gasteiger partial charge in [-0.15, -0.1) is 0 Å². The third kappa shape index (κ3) is 5.04. The van der Waals surface area contributed by atoms with Crippen molar-refractivity contribution in [3.8, 4) is 6.07 Å². The van der Waals surface area contributed by atoms with Crippen LogP contribution >= 0.6 is 0 Å². The van der Waals surface area contributed by atoms with Gasteiger partial charge in [-0.25, -0.2) is 4.79 Å². The maximum Gasteiger partial charge on any atom is 0.317 e. The van der Waals surface area contributed by atoms with Crippen molar-refractivity contribution in [1.82, 2.24) is 10.2 Å². The van der Waals surface area contributed by atoms with E-state index in [0.717, 1.165) is 12.8 Å². The van der Waals surface area contributed by atoms with Crippen LogP contribution in [-0.4, -0.2) is 40.6 Å². The number of carboxylic acids is 1. The lowest BCUT2D eigenvalue weighted by molar-refractivity contribution is -0.137. The molecule has 18 heavy (non-hydrogen) atoms. The summed E-state index contributed by atoms with van der Waals surface area (Å²) in [6, 6.07) is 1.93. The normalized spacial score (nSPS) is 15.6. The molecule has 0 spiro atoms. The minimum Gasteiger partial charge on any atom is -0.481 e. The van der Waals surface area contributed by atoms with Gasteiger partial charge in [0.2, 0.25) is 0 Å². The average molecular weight is 253 g/mol. The third-order valence-electron chi connectivity index (χ3n) is 2.87. The van der Waals surface area contributed by atoms with Crippen LogP contribution in [0.15, 0.2) is 0 Å². The fraction of sp³-hybridized carbons (Fsp3) is 0.750. The number of carbonyl (C=O) groups excluding carboxylic acids is 1. The van der Waals surface area contributed by atoms with Gasteiger partial charge in [-0.05, 0) is 26.2 Å². The van der Waals surface area contributed by atoms with E-state index >= 15 is 0 Å². The van der Waals surface area contributed by atoms with Crippen molar-refractivity contribution in [2.24, 2.45) is 0 Å². The summed E-state index contributed by atoms with van der Waals surface area (Å²) < 4.78 is 0. The minimum absolute atomic E-state index is 0.0447. The first kappa shape index (κ1) is 14.3. The number of nitrogens with zero attached hydrogens (tertiary/aromatic N) is 2. The van der Waals surface area contributed by atoms with E-state index in [1.807, 2.05) is 6.07 Å². The van der Waals surface area contributed by atoms with Gasteiger partial charge in [0.1, 0.15) is 0 Å². The molecule has 2 N–H and O–H groups in total. The SMILES string of the molecule is CC(CCC(=O)O)NC(=O)N(CCC#N)C1CC1. The van der Waals surface area contributed by atoms with Crippen LogP contribution in [0.25, 0.3) is 0 Å². The first-order chi connectivity index (χ1) is 8.54. The van der Waals surface area contributed by atoms with Crippen LogP contribution < -0.4 is 5.32 Å². The zero-order chi connectivity index (χ0) is 13.5. The summed E-state index contributed by atoms with van der Waals surface area (Å²) >= 11 is 0. The van der Waals surface area contributed by atoms with Crippen LogP contribution in [0.5, 0.6) is 0 Å². The molecule has 1 rings (SSSR count). The maximum absolute atomic E-state index is 11.9. The molecule has 1 aliphatic rings. The molecule has 1 fully saturated rings.